The number of ketones is 1. The van der Waals surface area contributed by atoms with E-state index >= 15 is 0 Å². The average Bonchev–Trinajstić information content (AvgIpc) is 3.36. The molecule has 4 atom stereocenters. The van der Waals surface area contributed by atoms with Gasteiger partial charge in [-0.3, -0.25) is 9.59 Å². The lowest BCUT2D eigenvalue weighted by Crippen LogP contribution is -2.45. The highest BCUT2D eigenvalue weighted by atomic mass is 32.1. The van der Waals surface area contributed by atoms with Crippen LogP contribution in [0.3, 0.4) is 0 Å². The Labute approximate surface area is 293 Å². The van der Waals surface area contributed by atoms with Gasteiger partial charge in [0.1, 0.15) is 16.9 Å². The van der Waals surface area contributed by atoms with E-state index in [2.05, 4.69) is 93.0 Å². The fraction of sp³-hybridized carbons (Fsp3) is 0.757. The first-order valence-electron chi connectivity index (χ1n) is 17.2. The van der Waals surface area contributed by atoms with Gasteiger partial charge < -0.3 is 19.7 Å². The lowest BCUT2D eigenvalue weighted by atomic mass is 9.76. The largest absolute Gasteiger partial charge is 0.542 e. The number of hydrogen-bond acceptors (Lipinski definition) is 7. The van der Waals surface area contributed by atoms with E-state index in [0.717, 1.165) is 47.7 Å². The summed E-state index contributed by atoms with van der Waals surface area (Å²) >= 11 is 1.64. The minimum atomic E-state index is -2.18. The number of amides is 1. The molecule has 0 aliphatic carbocycles. The fourth-order valence-corrected chi connectivity index (χ4v) is 7.84. The van der Waals surface area contributed by atoms with Crippen LogP contribution in [0.5, 0.6) is 0 Å². The molecule has 1 heterocycles. The first-order chi connectivity index (χ1) is 21.1. The molecule has 1 aromatic heterocycles. The Kier molecular flexibility index (Phi) is 15.2. The third kappa shape index (κ3) is 11.8. The zero-order valence-corrected chi connectivity index (χ0v) is 35.6. The van der Waals surface area contributed by atoms with Crippen LogP contribution in [0.15, 0.2) is 22.6 Å². The second kappa shape index (κ2) is 16.4. The van der Waals surface area contributed by atoms with Crippen LogP contribution in [0.1, 0.15) is 119 Å². The third-order valence-corrected chi connectivity index (χ3v) is 20.3. The van der Waals surface area contributed by atoms with Crippen LogP contribution in [-0.2, 0) is 18.4 Å². The van der Waals surface area contributed by atoms with E-state index < -0.39 is 40.0 Å². The molecule has 0 saturated carbocycles. The van der Waals surface area contributed by atoms with Gasteiger partial charge in [0.05, 0.1) is 17.2 Å². The summed E-state index contributed by atoms with van der Waals surface area (Å²) in [6.07, 6.45) is 4.53. The summed E-state index contributed by atoms with van der Waals surface area (Å²) in [6, 6.07) is 0. The first kappa shape index (κ1) is 43.4. The number of aliphatic hydroxyl groups is 1. The summed E-state index contributed by atoms with van der Waals surface area (Å²) in [5.74, 6) is -0.891. The summed E-state index contributed by atoms with van der Waals surface area (Å²) in [5, 5.41) is 14.1. The smallest absolute Gasteiger partial charge is 0.250 e. The van der Waals surface area contributed by atoms with Gasteiger partial charge in [-0.2, -0.15) is 0 Å². The van der Waals surface area contributed by atoms with Crippen LogP contribution in [0.4, 0.5) is 0 Å². The van der Waals surface area contributed by atoms with E-state index in [-0.39, 0.29) is 27.9 Å². The van der Waals surface area contributed by atoms with Crippen LogP contribution < -0.4 is 5.73 Å². The Balaban J connectivity index is 3.31. The van der Waals surface area contributed by atoms with Crippen molar-refractivity contribution in [1.29, 1.82) is 0 Å². The molecule has 0 fully saturated rings. The maximum absolute atomic E-state index is 12.9. The molecule has 0 aromatic carbocycles. The Bertz CT molecular complexity index is 1280. The molecule has 47 heavy (non-hydrogen) atoms. The highest BCUT2D eigenvalue weighted by molar-refractivity contribution is 7.09. The van der Waals surface area contributed by atoms with Gasteiger partial charge in [-0.1, -0.05) is 67.0 Å². The third-order valence-electron chi connectivity index (χ3n) is 10.8. The van der Waals surface area contributed by atoms with Crippen LogP contribution >= 0.6 is 11.3 Å². The molecule has 7 nitrogen and oxygen atoms in total. The molecule has 3 N–H and O–H groups in total. The van der Waals surface area contributed by atoms with Gasteiger partial charge in [0, 0.05) is 11.3 Å². The standard InChI is InChI=1S/C37H68N2O5SSi2/c1-24(19-18-20-25(2)31(40)27(4)33(41)37(12,13)34(38)42)21-22-30(43-46(14,15)35(6,7)8)26(3)32(29-23-45-28(5)39-29)44-47(16,17)36(9,10)11/h21,23,25,27,30-31,40H,18-20,22H2,1-17H3,(H2,38,42)/t25-,27+,30-,31-/m0/s1. The van der Waals surface area contributed by atoms with Gasteiger partial charge in [-0.05, 0) is 108 Å². The van der Waals surface area contributed by atoms with Gasteiger partial charge in [-0.15, -0.1) is 11.3 Å². The molecule has 10 heteroatoms. The maximum Gasteiger partial charge on any atom is 0.250 e. The van der Waals surface area contributed by atoms with E-state index in [1.54, 1.807) is 18.3 Å². The van der Waals surface area contributed by atoms with Crippen molar-refractivity contribution in [3.63, 3.8) is 0 Å². The Morgan fingerprint density at radius 3 is 1.98 bits per heavy atom. The Morgan fingerprint density at radius 1 is 1.00 bits per heavy atom. The highest BCUT2D eigenvalue weighted by Crippen LogP contribution is 2.43. The average molecular weight is 709 g/mol. The van der Waals surface area contributed by atoms with Crippen molar-refractivity contribution in [2.45, 2.75) is 164 Å². The van der Waals surface area contributed by atoms with Gasteiger partial charge in [-0.25, -0.2) is 4.98 Å². The number of aliphatic hydroxyl groups excluding tert-OH is 1. The van der Waals surface area contributed by atoms with Crippen LogP contribution in [-0.4, -0.2) is 50.6 Å². The van der Waals surface area contributed by atoms with Crippen molar-refractivity contribution in [2.75, 3.05) is 0 Å². The van der Waals surface area contributed by atoms with E-state index in [1.807, 2.05) is 13.8 Å². The number of rotatable bonds is 17. The first-order valence-corrected chi connectivity index (χ1v) is 23.9. The number of carbonyl (C=O) groups excluding carboxylic acids is 2. The molecule has 0 saturated heterocycles. The summed E-state index contributed by atoms with van der Waals surface area (Å²) in [6.45, 7) is 35.8. The number of aryl methyl sites for hydroxylation is 1. The summed E-state index contributed by atoms with van der Waals surface area (Å²) in [4.78, 5) is 29.5. The number of Topliss-reactive ketones (excluding diaryl/α,β-unsaturated/α-hetero) is 1. The van der Waals surface area contributed by atoms with Crippen molar-refractivity contribution in [1.82, 2.24) is 4.98 Å². The molecular weight excluding hydrogens is 641 g/mol. The molecule has 0 bridgehead atoms. The molecule has 0 unspecified atom stereocenters. The number of thiazole rings is 1. The molecule has 0 radical (unpaired) electrons. The van der Waals surface area contributed by atoms with Crippen molar-refractivity contribution in [3.8, 4) is 0 Å². The van der Waals surface area contributed by atoms with Crippen molar-refractivity contribution in [3.05, 3.63) is 33.3 Å². The van der Waals surface area contributed by atoms with E-state index in [9.17, 15) is 14.7 Å². The van der Waals surface area contributed by atoms with Gasteiger partial charge in [0.25, 0.3) is 8.32 Å². The monoisotopic (exact) mass is 708 g/mol. The molecule has 270 valence electrons. The number of nitrogens with zero attached hydrogens (tertiary/aromatic N) is 1. The summed E-state index contributed by atoms with van der Waals surface area (Å²) in [5.41, 5.74) is 7.38. The molecule has 0 aliphatic rings. The minimum Gasteiger partial charge on any atom is -0.542 e. The maximum atomic E-state index is 12.9. The Morgan fingerprint density at radius 2 is 1.53 bits per heavy atom. The van der Waals surface area contributed by atoms with Crippen LogP contribution in [0.2, 0.25) is 36.3 Å². The number of carbonyl (C=O) groups is 2. The summed E-state index contributed by atoms with van der Waals surface area (Å²) in [7, 11) is -4.32. The number of primary amides is 1. The lowest BCUT2D eigenvalue weighted by Gasteiger charge is -2.41. The SMILES string of the molecule is CC(=CC[C@H](O[Si](C)(C)C(C)(C)C)C(C)=C(O[Si](C)(C)C(C)(C)C)c1csc(C)n1)CCC[C@H](C)[C@H](O)[C@@H](C)C(=O)C(C)(C)C(N)=O. The topological polar surface area (TPSA) is 112 Å². The minimum absolute atomic E-state index is 0.0315. The Hall–Kier alpha value is -1.60. The van der Waals surface area contributed by atoms with Crippen molar-refractivity contribution >= 4 is 45.4 Å². The second-order valence-electron chi connectivity index (χ2n) is 17.3. The van der Waals surface area contributed by atoms with Gasteiger partial charge >= 0.3 is 0 Å². The van der Waals surface area contributed by atoms with Gasteiger partial charge in [0.2, 0.25) is 5.91 Å². The quantitative estimate of drug-likeness (QED) is 0.0721. The van der Waals surface area contributed by atoms with Gasteiger partial charge in [0.15, 0.2) is 14.1 Å². The highest BCUT2D eigenvalue weighted by Gasteiger charge is 2.43. The molecule has 1 aromatic rings. The number of allylic oxidation sites excluding steroid dienone is 1. The van der Waals surface area contributed by atoms with Crippen LogP contribution in [0.25, 0.3) is 5.76 Å². The predicted octanol–water partition coefficient (Wildman–Crippen LogP) is 9.82. The van der Waals surface area contributed by atoms with Crippen molar-refractivity contribution in [2.24, 2.45) is 23.0 Å². The fourth-order valence-electron chi connectivity index (χ4n) is 4.83. The zero-order chi connectivity index (χ0) is 36.9. The number of hydrogen-bond donors (Lipinski definition) is 2. The van der Waals surface area contributed by atoms with E-state index in [4.69, 9.17) is 19.6 Å². The molecule has 1 amide bonds. The van der Waals surface area contributed by atoms with E-state index in [0.29, 0.717) is 0 Å². The summed E-state index contributed by atoms with van der Waals surface area (Å²) < 4.78 is 14.2. The lowest BCUT2D eigenvalue weighted by molar-refractivity contribution is -0.143. The molecule has 1 rings (SSSR count). The second-order valence-corrected chi connectivity index (χ2v) is 27.8. The number of aromatic nitrogens is 1. The number of nitrogens with two attached hydrogens (primary N) is 1. The molecule has 0 aliphatic heterocycles. The van der Waals surface area contributed by atoms with E-state index in [1.165, 1.54) is 19.4 Å². The predicted molar refractivity (Wildman–Crippen MR) is 204 cm³/mol. The van der Waals surface area contributed by atoms with Crippen LogP contribution in [0, 0.1) is 24.2 Å². The molecular formula is C37H68N2O5SSi2. The zero-order valence-electron chi connectivity index (χ0n) is 32.8. The van der Waals surface area contributed by atoms with Crippen molar-refractivity contribution < 1.29 is 23.5 Å². The normalized spacial score (nSPS) is 17.1. The molecule has 0 spiro atoms.